The van der Waals surface area contributed by atoms with Gasteiger partial charge in [-0.3, -0.25) is 4.79 Å². The second-order valence-corrected chi connectivity index (χ2v) is 5.96. The van der Waals surface area contributed by atoms with E-state index in [0.717, 1.165) is 35.7 Å². The Hall–Kier alpha value is -0.870. The highest BCUT2D eigenvalue weighted by Gasteiger charge is 2.42. The fourth-order valence-corrected chi connectivity index (χ4v) is 3.09. The molecule has 0 saturated heterocycles. The molecular formula is C15H20BrNO2. The maximum absolute atomic E-state index is 12.5. The van der Waals surface area contributed by atoms with Gasteiger partial charge in [0.2, 0.25) is 5.91 Å². The SMILES string of the molecule is COCCNC(=O)C1(c2ccc(Br)cc2)CCCC1. The zero-order valence-corrected chi connectivity index (χ0v) is 12.8. The summed E-state index contributed by atoms with van der Waals surface area (Å²) in [5, 5.41) is 3.00. The third-order valence-corrected chi connectivity index (χ3v) is 4.41. The monoisotopic (exact) mass is 325 g/mol. The second kappa shape index (κ2) is 6.53. The van der Waals surface area contributed by atoms with Crippen molar-refractivity contribution in [3.63, 3.8) is 0 Å². The molecule has 19 heavy (non-hydrogen) atoms. The van der Waals surface area contributed by atoms with E-state index in [1.807, 2.05) is 12.1 Å². The highest BCUT2D eigenvalue weighted by Crippen LogP contribution is 2.41. The van der Waals surface area contributed by atoms with E-state index in [2.05, 4.69) is 33.4 Å². The van der Waals surface area contributed by atoms with Gasteiger partial charge in [-0.1, -0.05) is 40.9 Å². The van der Waals surface area contributed by atoms with Crippen molar-refractivity contribution in [1.82, 2.24) is 5.32 Å². The number of hydrogen-bond acceptors (Lipinski definition) is 2. The van der Waals surface area contributed by atoms with Gasteiger partial charge < -0.3 is 10.1 Å². The predicted molar refractivity (Wildman–Crippen MR) is 79.2 cm³/mol. The molecule has 0 bridgehead atoms. The summed E-state index contributed by atoms with van der Waals surface area (Å²) in [6.45, 7) is 1.13. The Balaban J connectivity index is 2.17. The van der Waals surface area contributed by atoms with Crippen molar-refractivity contribution in [3.05, 3.63) is 34.3 Å². The van der Waals surface area contributed by atoms with Crippen LogP contribution in [0.15, 0.2) is 28.7 Å². The minimum Gasteiger partial charge on any atom is -0.383 e. The van der Waals surface area contributed by atoms with Crippen LogP contribution in [0.25, 0.3) is 0 Å². The largest absolute Gasteiger partial charge is 0.383 e. The van der Waals surface area contributed by atoms with Gasteiger partial charge in [-0.2, -0.15) is 0 Å². The lowest BCUT2D eigenvalue weighted by Crippen LogP contribution is -2.43. The highest BCUT2D eigenvalue weighted by atomic mass is 79.9. The quantitative estimate of drug-likeness (QED) is 0.845. The molecule has 2 rings (SSSR count). The van der Waals surface area contributed by atoms with Gasteiger partial charge in [-0.15, -0.1) is 0 Å². The van der Waals surface area contributed by atoms with Gasteiger partial charge in [0.1, 0.15) is 0 Å². The second-order valence-electron chi connectivity index (χ2n) is 5.04. The van der Waals surface area contributed by atoms with Gasteiger partial charge in [-0.25, -0.2) is 0 Å². The van der Waals surface area contributed by atoms with Crippen molar-refractivity contribution in [1.29, 1.82) is 0 Å². The van der Waals surface area contributed by atoms with E-state index in [1.54, 1.807) is 7.11 Å². The molecule has 1 amide bonds. The summed E-state index contributed by atoms with van der Waals surface area (Å²) in [6, 6.07) is 8.15. The molecule has 1 fully saturated rings. The van der Waals surface area contributed by atoms with Crippen molar-refractivity contribution in [3.8, 4) is 0 Å². The standard InChI is InChI=1S/C15H20BrNO2/c1-19-11-10-17-14(18)15(8-2-3-9-15)12-4-6-13(16)7-5-12/h4-7H,2-3,8-11H2,1H3,(H,17,18). The van der Waals surface area contributed by atoms with E-state index < -0.39 is 0 Å². The van der Waals surface area contributed by atoms with Gasteiger partial charge in [0.15, 0.2) is 0 Å². The smallest absolute Gasteiger partial charge is 0.230 e. The van der Waals surface area contributed by atoms with Crippen LogP contribution in [0, 0.1) is 0 Å². The van der Waals surface area contributed by atoms with Gasteiger partial charge in [0.25, 0.3) is 0 Å². The van der Waals surface area contributed by atoms with Crippen molar-refractivity contribution in [2.45, 2.75) is 31.1 Å². The van der Waals surface area contributed by atoms with E-state index in [4.69, 9.17) is 4.74 Å². The number of rotatable bonds is 5. The van der Waals surface area contributed by atoms with E-state index in [1.165, 1.54) is 0 Å². The molecule has 1 aliphatic rings. The Morgan fingerprint density at radius 2 is 1.95 bits per heavy atom. The molecule has 0 spiro atoms. The van der Waals surface area contributed by atoms with Crippen LogP contribution >= 0.6 is 15.9 Å². The lowest BCUT2D eigenvalue weighted by Gasteiger charge is -2.28. The summed E-state index contributed by atoms with van der Waals surface area (Å²) in [4.78, 5) is 12.5. The Bertz CT molecular complexity index is 424. The molecule has 4 heteroatoms. The maximum Gasteiger partial charge on any atom is 0.230 e. The van der Waals surface area contributed by atoms with E-state index >= 15 is 0 Å². The summed E-state index contributed by atoms with van der Waals surface area (Å²) < 4.78 is 6.03. The van der Waals surface area contributed by atoms with Crippen molar-refractivity contribution in [2.75, 3.05) is 20.3 Å². The predicted octanol–water partition coefficient (Wildman–Crippen LogP) is 3.02. The van der Waals surface area contributed by atoms with Gasteiger partial charge in [0.05, 0.1) is 12.0 Å². The van der Waals surface area contributed by atoms with E-state index in [9.17, 15) is 4.79 Å². The van der Waals surface area contributed by atoms with Crippen molar-refractivity contribution < 1.29 is 9.53 Å². The molecule has 0 heterocycles. The van der Waals surface area contributed by atoms with Crippen LogP contribution in [-0.4, -0.2) is 26.2 Å². The van der Waals surface area contributed by atoms with Crippen LogP contribution < -0.4 is 5.32 Å². The lowest BCUT2D eigenvalue weighted by atomic mass is 9.78. The molecule has 0 radical (unpaired) electrons. The topological polar surface area (TPSA) is 38.3 Å². The fourth-order valence-electron chi connectivity index (χ4n) is 2.83. The molecule has 0 unspecified atom stereocenters. The van der Waals surface area contributed by atoms with Crippen LogP contribution in [-0.2, 0) is 14.9 Å². The average Bonchev–Trinajstić information content (AvgIpc) is 2.90. The van der Waals surface area contributed by atoms with Gasteiger partial charge in [0, 0.05) is 18.1 Å². The summed E-state index contributed by atoms with van der Waals surface area (Å²) in [7, 11) is 1.65. The molecule has 1 aromatic rings. The molecule has 1 aliphatic carbocycles. The average molecular weight is 326 g/mol. The normalized spacial score (nSPS) is 17.4. The van der Waals surface area contributed by atoms with E-state index in [-0.39, 0.29) is 11.3 Å². The summed E-state index contributed by atoms with van der Waals surface area (Å²) in [6.07, 6.45) is 4.11. The van der Waals surface area contributed by atoms with E-state index in [0.29, 0.717) is 13.2 Å². The number of carbonyl (C=O) groups excluding carboxylic acids is 1. The molecule has 3 nitrogen and oxygen atoms in total. The van der Waals surface area contributed by atoms with Crippen molar-refractivity contribution >= 4 is 21.8 Å². The molecule has 1 aromatic carbocycles. The van der Waals surface area contributed by atoms with Crippen LogP contribution in [0.3, 0.4) is 0 Å². The molecule has 0 aliphatic heterocycles. The zero-order chi connectivity index (χ0) is 13.7. The van der Waals surface area contributed by atoms with Crippen LogP contribution in [0.2, 0.25) is 0 Å². The zero-order valence-electron chi connectivity index (χ0n) is 11.2. The summed E-state index contributed by atoms with van der Waals surface area (Å²) in [5.41, 5.74) is 0.789. The number of ether oxygens (including phenoxy) is 1. The number of amides is 1. The molecule has 104 valence electrons. The number of benzene rings is 1. The number of carbonyl (C=O) groups is 1. The molecule has 0 aromatic heterocycles. The fraction of sp³-hybridized carbons (Fsp3) is 0.533. The Morgan fingerprint density at radius 3 is 2.53 bits per heavy atom. The maximum atomic E-state index is 12.5. The van der Waals surface area contributed by atoms with Crippen LogP contribution in [0.5, 0.6) is 0 Å². The summed E-state index contributed by atoms with van der Waals surface area (Å²) in [5.74, 6) is 0.143. The van der Waals surface area contributed by atoms with Crippen molar-refractivity contribution in [2.24, 2.45) is 0 Å². The number of nitrogens with one attached hydrogen (secondary N) is 1. The Kier molecular flexibility index (Phi) is 4.99. The Morgan fingerprint density at radius 1 is 1.32 bits per heavy atom. The number of hydrogen-bond donors (Lipinski definition) is 1. The summed E-state index contributed by atoms with van der Waals surface area (Å²) >= 11 is 3.44. The molecule has 1 N–H and O–H groups in total. The lowest BCUT2D eigenvalue weighted by molar-refractivity contribution is -0.126. The van der Waals surface area contributed by atoms with Crippen LogP contribution in [0.4, 0.5) is 0 Å². The number of halogens is 1. The van der Waals surface area contributed by atoms with Crippen LogP contribution in [0.1, 0.15) is 31.2 Å². The first kappa shape index (κ1) is 14.5. The van der Waals surface area contributed by atoms with Gasteiger partial charge >= 0.3 is 0 Å². The first-order valence-corrected chi connectivity index (χ1v) is 7.52. The number of methoxy groups -OCH3 is 1. The minimum absolute atomic E-state index is 0.143. The third kappa shape index (κ3) is 3.18. The minimum atomic E-state index is -0.339. The third-order valence-electron chi connectivity index (χ3n) is 3.88. The molecular weight excluding hydrogens is 306 g/mol. The molecule has 1 saturated carbocycles. The first-order chi connectivity index (χ1) is 9.19. The highest BCUT2D eigenvalue weighted by molar-refractivity contribution is 9.10. The molecule has 0 atom stereocenters. The Labute approximate surface area is 122 Å². The first-order valence-electron chi connectivity index (χ1n) is 6.72. The van der Waals surface area contributed by atoms with Gasteiger partial charge in [-0.05, 0) is 30.5 Å².